The molecule has 0 aliphatic rings. The van der Waals surface area contributed by atoms with Crippen LogP contribution >= 0.6 is 0 Å². The van der Waals surface area contributed by atoms with Crippen LogP contribution in [0.15, 0.2) is 30.3 Å². The van der Waals surface area contributed by atoms with Crippen LogP contribution < -0.4 is 16.4 Å². The number of amides is 3. The first-order valence-corrected chi connectivity index (χ1v) is 7.84. The van der Waals surface area contributed by atoms with Gasteiger partial charge in [0.25, 0.3) is 0 Å². The van der Waals surface area contributed by atoms with E-state index < -0.39 is 29.6 Å². The van der Waals surface area contributed by atoms with E-state index in [9.17, 15) is 14.4 Å². The van der Waals surface area contributed by atoms with Crippen LogP contribution in [0.5, 0.6) is 0 Å². The number of carbonyl (C=O) groups excluding carboxylic acids is 3. The Labute approximate surface area is 147 Å². The van der Waals surface area contributed by atoms with Crippen LogP contribution in [-0.2, 0) is 25.7 Å². The van der Waals surface area contributed by atoms with Gasteiger partial charge >= 0.3 is 6.09 Å². The molecule has 0 aromatic heterocycles. The molecule has 8 nitrogen and oxygen atoms in total. The Morgan fingerprint density at radius 3 is 2.36 bits per heavy atom. The molecule has 0 saturated heterocycles. The number of primary amides is 1. The van der Waals surface area contributed by atoms with Crippen LogP contribution in [0.4, 0.5) is 4.79 Å². The van der Waals surface area contributed by atoms with Gasteiger partial charge in [-0.2, -0.15) is 0 Å². The molecule has 1 unspecified atom stereocenters. The molecule has 0 saturated carbocycles. The molecule has 0 heterocycles. The minimum atomic E-state index is -1.02. The summed E-state index contributed by atoms with van der Waals surface area (Å²) in [7, 11) is 0. The second-order valence-corrected chi connectivity index (χ2v) is 6.38. The van der Waals surface area contributed by atoms with E-state index in [1.807, 2.05) is 30.3 Å². The number of hydrogen-bond acceptors (Lipinski definition) is 5. The lowest BCUT2D eigenvalue weighted by Crippen LogP contribution is -2.51. The van der Waals surface area contributed by atoms with E-state index >= 15 is 0 Å². The molecular weight excluding hydrogens is 326 g/mol. The Bertz CT molecular complexity index is 584. The van der Waals surface area contributed by atoms with Crippen molar-refractivity contribution in [1.82, 2.24) is 10.6 Å². The summed E-state index contributed by atoms with van der Waals surface area (Å²) in [5, 5.41) is 4.77. The topological polar surface area (TPSA) is 120 Å². The minimum absolute atomic E-state index is 0.0846. The van der Waals surface area contributed by atoms with Crippen LogP contribution in [0.2, 0.25) is 0 Å². The fourth-order valence-corrected chi connectivity index (χ4v) is 1.80. The van der Waals surface area contributed by atoms with Crippen LogP contribution in [0.3, 0.4) is 0 Å². The van der Waals surface area contributed by atoms with Gasteiger partial charge in [-0.15, -0.1) is 0 Å². The van der Waals surface area contributed by atoms with Gasteiger partial charge < -0.3 is 25.8 Å². The predicted molar refractivity (Wildman–Crippen MR) is 91.5 cm³/mol. The van der Waals surface area contributed by atoms with E-state index in [1.165, 1.54) is 0 Å². The highest BCUT2D eigenvalue weighted by Crippen LogP contribution is 2.07. The lowest BCUT2D eigenvalue weighted by Gasteiger charge is -2.23. The number of alkyl carbamates (subject to hydrolysis) is 1. The van der Waals surface area contributed by atoms with E-state index in [-0.39, 0.29) is 19.8 Å². The zero-order valence-corrected chi connectivity index (χ0v) is 14.7. The molecule has 0 bridgehead atoms. The summed E-state index contributed by atoms with van der Waals surface area (Å²) < 4.78 is 10.6. The van der Waals surface area contributed by atoms with Crippen molar-refractivity contribution in [2.45, 2.75) is 39.0 Å². The molecule has 1 aromatic carbocycles. The maximum Gasteiger partial charge on any atom is 0.408 e. The molecule has 1 atom stereocenters. The molecular formula is C17H25N3O5. The van der Waals surface area contributed by atoms with Gasteiger partial charge in [-0.3, -0.25) is 9.59 Å². The van der Waals surface area contributed by atoms with E-state index in [2.05, 4.69) is 10.6 Å². The average Bonchev–Trinajstić information content (AvgIpc) is 2.51. The zero-order chi connectivity index (χ0) is 18.9. The van der Waals surface area contributed by atoms with Crippen LogP contribution in [0.1, 0.15) is 26.3 Å². The number of carbonyl (C=O) groups is 3. The summed E-state index contributed by atoms with van der Waals surface area (Å²) in [6.45, 7) is 4.99. The highest BCUT2D eigenvalue weighted by molar-refractivity contribution is 5.89. The highest BCUT2D eigenvalue weighted by Gasteiger charge is 2.24. The standard InChI is InChI=1S/C17H25N3O5/c1-17(2,3)25-16(23)20-13(15(22)19-9-14(18)21)11-24-10-12-7-5-4-6-8-12/h4-8,13H,9-11H2,1-3H3,(H2,18,21)(H,19,22)(H,20,23). The Morgan fingerprint density at radius 2 is 1.80 bits per heavy atom. The van der Waals surface area contributed by atoms with Gasteiger partial charge in [0, 0.05) is 0 Å². The van der Waals surface area contributed by atoms with E-state index in [0.717, 1.165) is 5.56 Å². The summed E-state index contributed by atoms with van der Waals surface area (Å²) in [6.07, 6.45) is -0.755. The van der Waals surface area contributed by atoms with Gasteiger partial charge in [0.1, 0.15) is 11.6 Å². The molecule has 0 aliphatic carbocycles. The predicted octanol–water partition coefficient (Wildman–Crippen LogP) is 0.698. The molecule has 138 valence electrons. The molecule has 4 N–H and O–H groups in total. The van der Waals surface area contributed by atoms with Crippen LogP contribution in [0, 0.1) is 0 Å². The molecule has 8 heteroatoms. The SMILES string of the molecule is CC(C)(C)OC(=O)NC(COCc1ccccc1)C(=O)NCC(N)=O. The van der Waals surface area contributed by atoms with Crippen molar-refractivity contribution < 1.29 is 23.9 Å². The largest absolute Gasteiger partial charge is 0.444 e. The number of rotatable bonds is 8. The van der Waals surface area contributed by atoms with Gasteiger partial charge in [0.05, 0.1) is 19.8 Å². The fourth-order valence-electron chi connectivity index (χ4n) is 1.80. The van der Waals surface area contributed by atoms with Crippen LogP contribution in [-0.4, -0.2) is 42.7 Å². The first-order chi connectivity index (χ1) is 11.7. The van der Waals surface area contributed by atoms with E-state index in [0.29, 0.717) is 0 Å². The first-order valence-electron chi connectivity index (χ1n) is 7.84. The monoisotopic (exact) mass is 351 g/mol. The van der Waals surface area contributed by atoms with Crippen molar-refractivity contribution in [2.24, 2.45) is 5.73 Å². The third-order valence-corrected chi connectivity index (χ3v) is 2.84. The summed E-state index contributed by atoms with van der Waals surface area (Å²) in [4.78, 5) is 34.8. The normalized spacial score (nSPS) is 12.1. The molecule has 1 rings (SSSR count). The quantitative estimate of drug-likeness (QED) is 0.637. The molecule has 25 heavy (non-hydrogen) atoms. The van der Waals surface area contributed by atoms with Crippen molar-refractivity contribution in [3.8, 4) is 0 Å². The lowest BCUT2D eigenvalue weighted by molar-refractivity contribution is -0.127. The molecule has 3 amide bonds. The summed E-state index contributed by atoms with van der Waals surface area (Å²) >= 11 is 0. The number of nitrogens with two attached hydrogens (primary N) is 1. The van der Waals surface area contributed by atoms with Gasteiger partial charge in [-0.1, -0.05) is 30.3 Å². The Hall–Kier alpha value is -2.61. The molecule has 0 fully saturated rings. The van der Waals surface area contributed by atoms with E-state index in [4.69, 9.17) is 15.2 Å². The third kappa shape index (κ3) is 9.31. The smallest absolute Gasteiger partial charge is 0.408 e. The molecule has 0 aliphatic heterocycles. The summed E-state index contributed by atoms with van der Waals surface area (Å²) in [5.41, 5.74) is 5.23. The van der Waals surface area contributed by atoms with Crippen molar-refractivity contribution in [2.75, 3.05) is 13.2 Å². The number of ether oxygens (including phenoxy) is 2. The van der Waals surface area contributed by atoms with Crippen molar-refractivity contribution in [3.63, 3.8) is 0 Å². The highest BCUT2D eigenvalue weighted by atomic mass is 16.6. The second-order valence-electron chi connectivity index (χ2n) is 6.38. The maximum absolute atomic E-state index is 12.1. The fraction of sp³-hybridized carbons (Fsp3) is 0.471. The zero-order valence-electron chi connectivity index (χ0n) is 14.7. The summed E-state index contributed by atoms with van der Waals surface area (Å²) in [5.74, 6) is -1.27. The van der Waals surface area contributed by atoms with Gasteiger partial charge in [0.15, 0.2) is 0 Å². The lowest BCUT2D eigenvalue weighted by atomic mass is 10.2. The average molecular weight is 351 g/mol. The number of hydrogen-bond donors (Lipinski definition) is 3. The maximum atomic E-state index is 12.1. The molecule has 0 spiro atoms. The number of benzene rings is 1. The molecule has 1 aromatic rings. The van der Waals surface area contributed by atoms with Crippen molar-refractivity contribution in [3.05, 3.63) is 35.9 Å². The third-order valence-electron chi connectivity index (χ3n) is 2.84. The van der Waals surface area contributed by atoms with Gasteiger partial charge in [0.2, 0.25) is 11.8 Å². The second kappa shape index (κ2) is 9.63. The minimum Gasteiger partial charge on any atom is -0.444 e. The van der Waals surface area contributed by atoms with Crippen molar-refractivity contribution >= 4 is 17.9 Å². The Morgan fingerprint density at radius 1 is 1.16 bits per heavy atom. The number of nitrogens with one attached hydrogen (secondary N) is 2. The van der Waals surface area contributed by atoms with Gasteiger partial charge in [-0.05, 0) is 26.3 Å². The van der Waals surface area contributed by atoms with E-state index in [1.54, 1.807) is 20.8 Å². The van der Waals surface area contributed by atoms with Crippen LogP contribution in [0.25, 0.3) is 0 Å². The van der Waals surface area contributed by atoms with Gasteiger partial charge in [-0.25, -0.2) is 4.79 Å². The van der Waals surface area contributed by atoms with Crippen molar-refractivity contribution in [1.29, 1.82) is 0 Å². The Kier molecular flexibility index (Phi) is 7.87. The first kappa shape index (κ1) is 20.4. The molecule has 0 radical (unpaired) electrons. The summed E-state index contributed by atoms with van der Waals surface area (Å²) in [6, 6.07) is 8.36. The Balaban J connectivity index is 2.61.